The van der Waals surface area contributed by atoms with Crippen LogP contribution in [0.3, 0.4) is 0 Å². The molecule has 4 heteroatoms. The van der Waals surface area contributed by atoms with Crippen molar-refractivity contribution < 1.29 is 9.59 Å². The van der Waals surface area contributed by atoms with Crippen LogP contribution < -0.4 is 4.90 Å². The molecule has 138 valence electrons. The van der Waals surface area contributed by atoms with Crippen molar-refractivity contribution in [2.75, 3.05) is 24.5 Å². The second-order valence-electron chi connectivity index (χ2n) is 6.85. The number of hydrogen-bond acceptors (Lipinski definition) is 2. The Balaban J connectivity index is 2.14. The maximum Gasteiger partial charge on any atom is 0.224 e. The number of benzene rings is 1. The first kappa shape index (κ1) is 19.5. The van der Waals surface area contributed by atoms with Gasteiger partial charge in [0.2, 0.25) is 11.8 Å². The average Bonchev–Trinajstić information content (AvgIpc) is 2.90. The van der Waals surface area contributed by atoms with E-state index in [-0.39, 0.29) is 11.8 Å². The normalized spacial score (nSPS) is 14.9. The summed E-state index contributed by atoms with van der Waals surface area (Å²) in [6.45, 7) is 8.02. The summed E-state index contributed by atoms with van der Waals surface area (Å²) in [5.74, 6) is 0.194. The summed E-state index contributed by atoms with van der Waals surface area (Å²) < 4.78 is 0. The number of carbonyl (C=O) groups is 2. The number of para-hydroxylation sites is 1. The summed E-state index contributed by atoms with van der Waals surface area (Å²) >= 11 is 0. The first-order chi connectivity index (χ1) is 12.1. The van der Waals surface area contributed by atoms with E-state index in [1.54, 1.807) is 6.92 Å². The second kappa shape index (κ2) is 9.59. The Morgan fingerprint density at radius 2 is 1.56 bits per heavy atom. The highest BCUT2D eigenvalue weighted by molar-refractivity contribution is 5.94. The molecule has 0 radical (unpaired) electrons. The lowest BCUT2D eigenvalue weighted by atomic mass is 10.0. The van der Waals surface area contributed by atoms with Gasteiger partial charge in [-0.2, -0.15) is 0 Å². The summed E-state index contributed by atoms with van der Waals surface area (Å²) in [7, 11) is 0. The van der Waals surface area contributed by atoms with E-state index in [0.717, 1.165) is 44.5 Å². The highest BCUT2D eigenvalue weighted by Gasteiger charge is 2.21. The van der Waals surface area contributed by atoms with Gasteiger partial charge < -0.3 is 9.80 Å². The first-order valence-corrected chi connectivity index (χ1v) is 9.75. The van der Waals surface area contributed by atoms with Crippen molar-refractivity contribution >= 4 is 17.5 Å². The van der Waals surface area contributed by atoms with E-state index < -0.39 is 0 Å². The fraction of sp³-hybridized carbons (Fsp3) is 0.619. The zero-order chi connectivity index (χ0) is 18.2. The molecule has 1 saturated heterocycles. The fourth-order valence-electron chi connectivity index (χ4n) is 3.67. The SMILES string of the molecule is CCc1cccc(CC)c1N(CCC(=O)N1CCCCCC1)C(C)=O. The fourth-order valence-corrected chi connectivity index (χ4v) is 3.67. The molecule has 1 aromatic rings. The Morgan fingerprint density at radius 1 is 1.00 bits per heavy atom. The molecule has 0 atom stereocenters. The number of nitrogens with zero attached hydrogens (tertiary/aromatic N) is 2. The van der Waals surface area contributed by atoms with E-state index in [1.807, 2.05) is 9.80 Å². The largest absolute Gasteiger partial charge is 0.343 e. The van der Waals surface area contributed by atoms with Crippen LogP contribution in [-0.2, 0) is 22.4 Å². The van der Waals surface area contributed by atoms with Gasteiger partial charge in [0.05, 0.1) is 0 Å². The van der Waals surface area contributed by atoms with Crippen LogP contribution in [0.5, 0.6) is 0 Å². The lowest BCUT2D eigenvalue weighted by Gasteiger charge is -2.28. The van der Waals surface area contributed by atoms with Crippen molar-refractivity contribution in [2.24, 2.45) is 0 Å². The van der Waals surface area contributed by atoms with Crippen molar-refractivity contribution in [1.82, 2.24) is 4.90 Å². The molecule has 1 heterocycles. The van der Waals surface area contributed by atoms with Crippen molar-refractivity contribution in [3.05, 3.63) is 29.3 Å². The molecule has 0 unspecified atom stereocenters. The van der Waals surface area contributed by atoms with Gasteiger partial charge >= 0.3 is 0 Å². The van der Waals surface area contributed by atoms with Gasteiger partial charge in [0.25, 0.3) is 0 Å². The summed E-state index contributed by atoms with van der Waals surface area (Å²) in [4.78, 5) is 28.7. The maximum absolute atomic E-state index is 12.6. The Labute approximate surface area is 152 Å². The summed E-state index contributed by atoms with van der Waals surface area (Å²) in [5.41, 5.74) is 3.37. The Kier molecular flexibility index (Phi) is 7.48. The van der Waals surface area contributed by atoms with E-state index in [2.05, 4.69) is 32.0 Å². The molecule has 1 aromatic carbocycles. The number of likely N-dealkylation sites (tertiary alicyclic amines) is 1. The number of aryl methyl sites for hydroxylation is 2. The van der Waals surface area contributed by atoms with Gasteiger partial charge in [0.15, 0.2) is 0 Å². The summed E-state index contributed by atoms with van der Waals surface area (Å²) in [6.07, 6.45) is 6.79. The molecule has 2 rings (SSSR count). The van der Waals surface area contributed by atoms with Crippen LogP contribution in [0.25, 0.3) is 0 Å². The van der Waals surface area contributed by atoms with E-state index >= 15 is 0 Å². The number of amides is 2. The molecule has 0 spiro atoms. The zero-order valence-corrected chi connectivity index (χ0v) is 16.0. The minimum atomic E-state index is 0.0132. The van der Waals surface area contributed by atoms with Crippen molar-refractivity contribution in [3.8, 4) is 0 Å². The first-order valence-electron chi connectivity index (χ1n) is 9.75. The van der Waals surface area contributed by atoms with Crippen molar-refractivity contribution in [1.29, 1.82) is 0 Å². The lowest BCUT2D eigenvalue weighted by Crippen LogP contribution is -2.37. The van der Waals surface area contributed by atoms with Gasteiger partial charge in [-0.05, 0) is 36.8 Å². The standard InChI is InChI=1S/C21H32N2O2/c1-4-18-11-10-12-19(5-2)21(18)23(17(3)24)16-13-20(25)22-14-8-6-7-9-15-22/h10-12H,4-9,13-16H2,1-3H3. The van der Waals surface area contributed by atoms with Crippen LogP contribution in [0, 0.1) is 0 Å². The molecule has 25 heavy (non-hydrogen) atoms. The number of hydrogen-bond donors (Lipinski definition) is 0. The number of carbonyl (C=O) groups excluding carboxylic acids is 2. The van der Waals surface area contributed by atoms with Gasteiger partial charge in [-0.1, -0.05) is 44.9 Å². The number of anilines is 1. The van der Waals surface area contributed by atoms with E-state index in [1.165, 1.54) is 24.0 Å². The minimum Gasteiger partial charge on any atom is -0.343 e. The topological polar surface area (TPSA) is 40.6 Å². The minimum absolute atomic E-state index is 0.0132. The predicted molar refractivity (Wildman–Crippen MR) is 103 cm³/mol. The van der Waals surface area contributed by atoms with E-state index in [4.69, 9.17) is 0 Å². The molecule has 4 nitrogen and oxygen atoms in total. The summed E-state index contributed by atoms with van der Waals surface area (Å²) in [5, 5.41) is 0. The molecule has 1 aliphatic heterocycles. The molecule has 0 N–H and O–H groups in total. The Bertz CT molecular complexity index is 567. The van der Waals surface area contributed by atoms with Crippen LogP contribution in [0.2, 0.25) is 0 Å². The molecule has 0 bridgehead atoms. The number of rotatable bonds is 6. The third-order valence-corrected chi connectivity index (χ3v) is 5.12. The quantitative estimate of drug-likeness (QED) is 0.784. The van der Waals surface area contributed by atoms with Crippen LogP contribution >= 0.6 is 0 Å². The second-order valence-corrected chi connectivity index (χ2v) is 6.85. The molecule has 0 aromatic heterocycles. The van der Waals surface area contributed by atoms with Crippen molar-refractivity contribution in [2.45, 2.75) is 65.7 Å². The van der Waals surface area contributed by atoms with E-state index in [9.17, 15) is 9.59 Å². The maximum atomic E-state index is 12.6. The predicted octanol–water partition coefficient (Wildman–Crippen LogP) is 3.96. The van der Waals surface area contributed by atoms with Crippen LogP contribution in [-0.4, -0.2) is 36.3 Å². The average molecular weight is 344 g/mol. The Morgan fingerprint density at radius 3 is 2.04 bits per heavy atom. The molecule has 1 aliphatic rings. The zero-order valence-electron chi connectivity index (χ0n) is 16.0. The third-order valence-electron chi connectivity index (χ3n) is 5.12. The van der Waals surface area contributed by atoms with Gasteiger partial charge in [-0.25, -0.2) is 0 Å². The molecular weight excluding hydrogens is 312 g/mol. The van der Waals surface area contributed by atoms with Crippen LogP contribution in [0.15, 0.2) is 18.2 Å². The van der Waals surface area contributed by atoms with Crippen LogP contribution in [0.4, 0.5) is 5.69 Å². The molecule has 2 amide bonds. The smallest absolute Gasteiger partial charge is 0.224 e. The van der Waals surface area contributed by atoms with Gasteiger partial charge in [0, 0.05) is 38.7 Å². The van der Waals surface area contributed by atoms with Crippen LogP contribution in [0.1, 0.15) is 64.0 Å². The van der Waals surface area contributed by atoms with Crippen molar-refractivity contribution in [3.63, 3.8) is 0 Å². The molecule has 0 saturated carbocycles. The lowest BCUT2D eigenvalue weighted by molar-refractivity contribution is -0.131. The third kappa shape index (κ3) is 5.07. The monoisotopic (exact) mass is 344 g/mol. The van der Waals surface area contributed by atoms with Gasteiger partial charge in [-0.3, -0.25) is 9.59 Å². The van der Waals surface area contributed by atoms with Gasteiger partial charge in [-0.15, -0.1) is 0 Å². The molecule has 1 fully saturated rings. The Hall–Kier alpha value is -1.84. The molecular formula is C21H32N2O2. The highest BCUT2D eigenvalue weighted by Crippen LogP contribution is 2.27. The highest BCUT2D eigenvalue weighted by atomic mass is 16.2. The molecule has 0 aliphatic carbocycles. The summed E-state index contributed by atoms with van der Waals surface area (Å²) in [6, 6.07) is 6.23. The van der Waals surface area contributed by atoms with E-state index in [0.29, 0.717) is 13.0 Å². The van der Waals surface area contributed by atoms with Gasteiger partial charge in [0.1, 0.15) is 0 Å².